The molecular weight excluding hydrogens is 184 g/mol. The minimum absolute atomic E-state index is 0.0752. The maximum atomic E-state index is 11.3. The Kier molecular flexibility index (Phi) is 3.10. The summed E-state index contributed by atoms with van der Waals surface area (Å²) in [6.45, 7) is 5.70. The van der Waals surface area contributed by atoms with Crippen molar-refractivity contribution in [3.05, 3.63) is 34.3 Å². The van der Waals surface area contributed by atoms with Gasteiger partial charge in [0.1, 0.15) is 0 Å². The minimum atomic E-state index is 0.0752. The van der Waals surface area contributed by atoms with E-state index in [9.17, 15) is 4.79 Å². The number of Topliss-reactive ketones (excluding diaryl/α,β-unsaturated/α-hetero) is 1. The zero-order valence-electron chi connectivity index (χ0n) is 8.10. The normalized spacial score (nSPS) is 10.5. The maximum Gasteiger partial charge on any atom is 0.160 e. The van der Waals surface area contributed by atoms with Crippen molar-refractivity contribution in [2.24, 2.45) is 0 Å². The average Bonchev–Trinajstić information content (AvgIpc) is 2.03. The van der Waals surface area contributed by atoms with Gasteiger partial charge in [0.05, 0.1) is 0 Å². The Morgan fingerprint density at radius 1 is 1.38 bits per heavy atom. The smallest absolute Gasteiger partial charge is 0.160 e. The van der Waals surface area contributed by atoms with Crippen molar-refractivity contribution >= 4 is 17.4 Å². The first-order chi connectivity index (χ1) is 6.02. The van der Waals surface area contributed by atoms with Gasteiger partial charge < -0.3 is 0 Å². The Labute approximate surface area is 83.7 Å². The molecule has 1 aromatic carbocycles. The second kappa shape index (κ2) is 3.93. The second-order valence-electron chi connectivity index (χ2n) is 3.44. The molecule has 0 saturated heterocycles. The highest BCUT2D eigenvalue weighted by Crippen LogP contribution is 2.23. The van der Waals surface area contributed by atoms with Gasteiger partial charge in [-0.05, 0) is 30.5 Å². The van der Waals surface area contributed by atoms with E-state index in [0.717, 1.165) is 11.1 Å². The Bertz CT molecular complexity index is 329. The predicted molar refractivity (Wildman–Crippen MR) is 55.5 cm³/mol. The lowest BCUT2D eigenvalue weighted by atomic mass is 9.95. The number of rotatable bonds is 2. The van der Waals surface area contributed by atoms with Crippen LogP contribution in [0.5, 0.6) is 0 Å². The molecule has 1 rings (SSSR count). The fourth-order valence-electron chi connectivity index (χ4n) is 1.34. The summed E-state index contributed by atoms with van der Waals surface area (Å²) in [6.07, 6.45) is 0. The van der Waals surface area contributed by atoms with E-state index in [0.29, 0.717) is 10.9 Å². The summed E-state index contributed by atoms with van der Waals surface area (Å²) in [5.74, 6) is 0.433. The highest BCUT2D eigenvalue weighted by Gasteiger charge is 2.10. The van der Waals surface area contributed by atoms with E-state index in [-0.39, 0.29) is 5.78 Å². The SMILES string of the molecule is CC(=O)c1cc(Cl)ccc1C(C)C. The standard InChI is InChI=1S/C11H13ClO/c1-7(2)10-5-4-9(12)6-11(10)8(3)13/h4-7H,1-3H3. The summed E-state index contributed by atoms with van der Waals surface area (Å²) in [6, 6.07) is 5.48. The molecule has 0 aliphatic heterocycles. The fourth-order valence-corrected chi connectivity index (χ4v) is 1.51. The number of hydrogen-bond donors (Lipinski definition) is 0. The van der Waals surface area contributed by atoms with E-state index in [2.05, 4.69) is 13.8 Å². The molecule has 13 heavy (non-hydrogen) atoms. The van der Waals surface area contributed by atoms with Gasteiger partial charge in [-0.25, -0.2) is 0 Å². The minimum Gasteiger partial charge on any atom is -0.294 e. The van der Waals surface area contributed by atoms with E-state index in [1.807, 2.05) is 12.1 Å². The molecule has 0 aliphatic carbocycles. The molecule has 0 aliphatic rings. The molecule has 0 atom stereocenters. The fraction of sp³-hybridized carbons (Fsp3) is 0.364. The number of halogens is 1. The van der Waals surface area contributed by atoms with Crippen LogP contribution in [0, 0.1) is 0 Å². The summed E-state index contributed by atoms with van der Waals surface area (Å²) in [4.78, 5) is 11.3. The molecule has 0 unspecified atom stereocenters. The number of ketones is 1. The van der Waals surface area contributed by atoms with Gasteiger partial charge in [-0.2, -0.15) is 0 Å². The van der Waals surface area contributed by atoms with Crippen LogP contribution in [0.25, 0.3) is 0 Å². The maximum absolute atomic E-state index is 11.3. The third-order valence-electron chi connectivity index (χ3n) is 2.02. The van der Waals surface area contributed by atoms with E-state index < -0.39 is 0 Å². The lowest BCUT2D eigenvalue weighted by Gasteiger charge is -2.10. The molecule has 0 heterocycles. The first-order valence-electron chi connectivity index (χ1n) is 4.32. The van der Waals surface area contributed by atoms with Gasteiger partial charge in [0.25, 0.3) is 0 Å². The van der Waals surface area contributed by atoms with Gasteiger partial charge in [-0.1, -0.05) is 31.5 Å². The average molecular weight is 197 g/mol. The largest absolute Gasteiger partial charge is 0.294 e. The summed E-state index contributed by atoms with van der Waals surface area (Å²) < 4.78 is 0. The molecule has 0 N–H and O–H groups in total. The van der Waals surface area contributed by atoms with Gasteiger partial charge in [-0.3, -0.25) is 4.79 Å². The molecule has 70 valence electrons. The van der Waals surface area contributed by atoms with Crippen LogP contribution in [0.15, 0.2) is 18.2 Å². The topological polar surface area (TPSA) is 17.1 Å². The molecule has 0 amide bonds. The molecule has 0 radical (unpaired) electrons. The summed E-state index contributed by atoms with van der Waals surface area (Å²) in [5.41, 5.74) is 1.81. The van der Waals surface area contributed by atoms with Crippen LogP contribution >= 0.6 is 11.6 Å². The van der Waals surface area contributed by atoms with Gasteiger partial charge in [0, 0.05) is 10.6 Å². The van der Waals surface area contributed by atoms with E-state index in [4.69, 9.17) is 11.6 Å². The van der Waals surface area contributed by atoms with Crippen LogP contribution in [0.1, 0.15) is 42.6 Å². The molecule has 0 bridgehead atoms. The molecule has 0 saturated carbocycles. The van der Waals surface area contributed by atoms with Crippen LogP contribution in [-0.4, -0.2) is 5.78 Å². The van der Waals surface area contributed by atoms with E-state index in [1.165, 1.54) is 0 Å². The lowest BCUT2D eigenvalue weighted by Crippen LogP contribution is -2.00. The highest BCUT2D eigenvalue weighted by molar-refractivity contribution is 6.31. The predicted octanol–water partition coefficient (Wildman–Crippen LogP) is 3.67. The third kappa shape index (κ3) is 2.31. The Morgan fingerprint density at radius 3 is 2.46 bits per heavy atom. The second-order valence-corrected chi connectivity index (χ2v) is 3.88. The van der Waals surface area contributed by atoms with Gasteiger partial charge in [0.2, 0.25) is 0 Å². The number of benzene rings is 1. The van der Waals surface area contributed by atoms with Crippen molar-refractivity contribution in [2.45, 2.75) is 26.7 Å². The Hall–Kier alpha value is -0.820. The molecular formula is C11H13ClO. The third-order valence-corrected chi connectivity index (χ3v) is 2.25. The molecule has 2 heteroatoms. The van der Waals surface area contributed by atoms with Crippen molar-refractivity contribution in [1.29, 1.82) is 0 Å². The van der Waals surface area contributed by atoms with Crippen molar-refractivity contribution in [1.82, 2.24) is 0 Å². The Morgan fingerprint density at radius 2 is 2.00 bits per heavy atom. The van der Waals surface area contributed by atoms with E-state index in [1.54, 1.807) is 13.0 Å². The van der Waals surface area contributed by atoms with Crippen LogP contribution in [0.4, 0.5) is 0 Å². The Balaban J connectivity index is 3.27. The van der Waals surface area contributed by atoms with Gasteiger partial charge in [0.15, 0.2) is 5.78 Å². The molecule has 1 nitrogen and oxygen atoms in total. The quantitative estimate of drug-likeness (QED) is 0.660. The summed E-state index contributed by atoms with van der Waals surface area (Å²) in [5, 5.41) is 0.620. The monoisotopic (exact) mass is 196 g/mol. The van der Waals surface area contributed by atoms with E-state index >= 15 is 0 Å². The highest BCUT2D eigenvalue weighted by atomic mass is 35.5. The van der Waals surface area contributed by atoms with Crippen molar-refractivity contribution in [3.8, 4) is 0 Å². The summed E-state index contributed by atoms with van der Waals surface area (Å²) in [7, 11) is 0. The van der Waals surface area contributed by atoms with Crippen LogP contribution in [-0.2, 0) is 0 Å². The van der Waals surface area contributed by atoms with Crippen molar-refractivity contribution in [2.75, 3.05) is 0 Å². The number of hydrogen-bond acceptors (Lipinski definition) is 1. The van der Waals surface area contributed by atoms with Crippen LogP contribution in [0.2, 0.25) is 5.02 Å². The molecule has 0 spiro atoms. The zero-order chi connectivity index (χ0) is 10.0. The van der Waals surface area contributed by atoms with Crippen molar-refractivity contribution in [3.63, 3.8) is 0 Å². The zero-order valence-corrected chi connectivity index (χ0v) is 8.85. The van der Waals surface area contributed by atoms with Gasteiger partial charge >= 0.3 is 0 Å². The number of carbonyl (C=O) groups is 1. The van der Waals surface area contributed by atoms with Crippen molar-refractivity contribution < 1.29 is 4.79 Å². The molecule has 0 aromatic heterocycles. The number of carbonyl (C=O) groups excluding carboxylic acids is 1. The first kappa shape index (κ1) is 10.3. The van der Waals surface area contributed by atoms with Crippen LogP contribution in [0.3, 0.4) is 0 Å². The van der Waals surface area contributed by atoms with Gasteiger partial charge in [-0.15, -0.1) is 0 Å². The first-order valence-corrected chi connectivity index (χ1v) is 4.70. The lowest BCUT2D eigenvalue weighted by molar-refractivity contribution is 0.101. The molecule has 1 aromatic rings. The summed E-state index contributed by atoms with van der Waals surface area (Å²) >= 11 is 5.81. The molecule has 0 fully saturated rings. The van der Waals surface area contributed by atoms with Crippen LogP contribution < -0.4 is 0 Å².